The molecule has 0 radical (unpaired) electrons. The second kappa shape index (κ2) is 10.9. The van der Waals surface area contributed by atoms with Crippen LogP contribution in [0.4, 0.5) is 10.1 Å². The normalized spacial score (nSPS) is 16.3. The Hall–Kier alpha value is -4.24. The maximum atomic E-state index is 13.5. The number of ketones is 1. The average Bonchev–Trinajstić information content (AvgIpc) is 3.27. The lowest BCUT2D eigenvalue weighted by Gasteiger charge is -2.36. The number of halogens is 1. The Labute approximate surface area is 226 Å². The van der Waals surface area contributed by atoms with E-state index in [0.29, 0.717) is 51.8 Å². The first kappa shape index (κ1) is 26.4. The van der Waals surface area contributed by atoms with E-state index >= 15 is 0 Å². The molecule has 3 aromatic rings. The quantitative estimate of drug-likeness (QED) is 0.433. The number of hydrogen-bond donors (Lipinski definition) is 1. The number of aryl methyl sites for hydroxylation is 1. The third-order valence-electron chi connectivity index (χ3n) is 7.19. The number of phenolic OH excluding ortho intramolecular Hbond substituents is 1. The van der Waals surface area contributed by atoms with Crippen molar-refractivity contribution in [1.82, 2.24) is 4.90 Å². The minimum Gasteiger partial charge on any atom is -0.507 e. The summed E-state index contributed by atoms with van der Waals surface area (Å²) in [7, 11) is 4.60. The van der Waals surface area contributed by atoms with Crippen molar-refractivity contribution >= 4 is 17.5 Å². The van der Waals surface area contributed by atoms with Gasteiger partial charge in [-0.05, 0) is 55.0 Å². The molecule has 0 bridgehead atoms. The summed E-state index contributed by atoms with van der Waals surface area (Å²) in [5, 5.41) is 10.9. The molecule has 2 aliphatic heterocycles. The van der Waals surface area contributed by atoms with E-state index in [1.807, 2.05) is 0 Å². The van der Waals surface area contributed by atoms with Crippen LogP contribution in [0.5, 0.6) is 28.7 Å². The molecule has 1 fully saturated rings. The van der Waals surface area contributed by atoms with Crippen LogP contribution in [0.3, 0.4) is 0 Å². The van der Waals surface area contributed by atoms with Crippen molar-refractivity contribution < 1.29 is 33.2 Å². The van der Waals surface area contributed by atoms with Gasteiger partial charge in [0.25, 0.3) is 0 Å². The highest BCUT2D eigenvalue weighted by atomic mass is 19.1. The average molecular weight is 535 g/mol. The number of fused-ring (bicyclic) bond motifs is 1. The summed E-state index contributed by atoms with van der Waals surface area (Å²) in [5.41, 5.74) is 3.22. The Morgan fingerprint density at radius 3 is 2.23 bits per heavy atom. The number of hydrogen-bond acceptors (Lipinski definition) is 8. The van der Waals surface area contributed by atoms with Crippen molar-refractivity contribution in [3.8, 4) is 28.7 Å². The molecular formula is C30H31FN2O6. The number of benzene rings is 3. The van der Waals surface area contributed by atoms with E-state index in [0.717, 1.165) is 31.9 Å². The monoisotopic (exact) mass is 534 g/mol. The molecule has 0 unspecified atom stereocenters. The van der Waals surface area contributed by atoms with Gasteiger partial charge in [0, 0.05) is 50.0 Å². The molecule has 8 nitrogen and oxygen atoms in total. The van der Waals surface area contributed by atoms with Gasteiger partial charge in [-0.2, -0.15) is 0 Å². The number of nitrogens with zero attached hydrogens (tertiary/aromatic N) is 2. The number of Topliss-reactive ketones (excluding diaryl/α,β-unsaturated/α-hetero) is 1. The standard InChI is InChI=1S/C30H31FN2O6/c1-18-13-23(34)22(17-32-9-11-33(12-10-32)21-7-5-20(31)6-8-21)30-28(18)29(35)27(39-30)15-19-14-25(37-3)26(38-4)16-24(19)36-2/h5-8,13-16,34H,9-12,17H2,1-4H3/b27-15-. The second-order valence-corrected chi connectivity index (χ2v) is 9.52. The predicted octanol–water partition coefficient (Wildman–Crippen LogP) is 4.80. The summed E-state index contributed by atoms with van der Waals surface area (Å²) in [6.45, 7) is 5.18. The molecule has 3 aromatic carbocycles. The lowest BCUT2D eigenvalue weighted by atomic mass is 9.99. The number of methoxy groups -OCH3 is 3. The number of anilines is 1. The lowest BCUT2D eigenvalue weighted by Crippen LogP contribution is -2.46. The highest BCUT2D eigenvalue weighted by molar-refractivity contribution is 6.16. The van der Waals surface area contributed by atoms with Gasteiger partial charge >= 0.3 is 0 Å². The molecule has 39 heavy (non-hydrogen) atoms. The van der Waals surface area contributed by atoms with Gasteiger partial charge in [0.1, 0.15) is 23.1 Å². The summed E-state index contributed by atoms with van der Waals surface area (Å²) in [6, 6.07) is 11.5. The van der Waals surface area contributed by atoms with Crippen LogP contribution in [-0.2, 0) is 6.54 Å². The molecule has 5 rings (SSSR count). The fourth-order valence-electron chi connectivity index (χ4n) is 5.08. The first-order valence-electron chi connectivity index (χ1n) is 12.7. The molecule has 0 amide bonds. The largest absolute Gasteiger partial charge is 0.507 e. The van der Waals surface area contributed by atoms with E-state index in [9.17, 15) is 14.3 Å². The van der Waals surface area contributed by atoms with Crippen molar-refractivity contribution in [3.63, 3.8) is 0 Å². The highest BCUT2D eigenvalue weighted by Gasteiger charge is 2.34. The topological polar surface area (TPSA) is 80.7 Å². The Balaban J connectivity index is 1.40. The number of piperazine rings is 1. The fourth-order valence-corrected chi connectivity index (χ4v) is 5.08. The van der Waals surface area contributed by atoms with Crippen LogP contribution in [0.1, 0.15) is 27.0 Å². The molecular weight excluding hydrogens is 503 g/mol. The summed E-state index contributed by atoms with van der Waals surface area (Å²) < 4.78 is 35.7. The van der Waals surface area contributed by atoms with E-state index in [2.05, 4.69) is 9.80 Å². The summed E-state index contributed by atoms with van der Waals surface area (Å²) in [6.07, 6.45) is 1.62. The number of aromatic hydroxyl groups is 1. The van der Waals surface area contributed by atoms with Crippen LogP contribution in [0.15, 0.2) is 48.2 Å². The molecule has 1 N–H and O–H groups in total. The van der Waals surface area contributed by atoms with Crippen LogP contribution < -0.4 is 23.8 Å². The molecule has 0 aliphatic carbocycles. The second-order valence-electron chi connectivity index (χ2n) is 9.52. The molecule has 1 saturated heterocycles. The van der Waals surface area contributed by atoms with E-state index in [4.69, 9.17) is 18.9 Å². The van der Waals surface area contributed by atoms with E-state index in [1.165, 1.54) is 33.5 Å². The minimum absolute atomic E-state index is 0.0879. The third-order valence-corrected chi connectivity index (χ3v) is 7.19. The summed E-state index contributed by atoms with van der Waals surface area (Å²) >= 11 is 0. The predicted molar refractivity (Wildman–Crippen MR) is 146 cm³/mol. The van der Waals surface area contributed by atoms with Gasteiger partial charge in [0.15, 0.2) is 17.3 Å². The van der Waals surface area contributed by atoms with Gasteiger partial charge < -0.3 is 29.0 Å². The molecule has 2 heterocycles. The molecule has 204 valence electrons. The van der Waals surface area contributed by atoms with Crippen LogP contribution in [0, 0.1) is 12.7 Å². The molecule has 0 spiro atoms. The van der Waals surface area contributed by atoms with Crippen LogP contribution in [0.2, 0.25) is 0 Å². The highest BCUT2D eigenvalue weighted by Crippen LogP contribution is 2.43. The lowest BCUT2D eigenvalue weighted by molar-refractivity contribution is 0.101. The van der Waals surface area contributed by atoms with Crippen LogP contribution in [0.25, 0.3) is 6.08 Å². The van der Waals surface area contributed by atoms with Gasteiger partial charge in [-0.25, -0.2) is 4.39 Å². The number of rotatable bonds is 7. The smallest absolute Gasteiger partial charge is 0.232 e. The van der Waals surface area contributed by atoms with Crippen molar-refractivity contribution in [2.45, 2.75) is 13.5 Å². The number of allylic oxidation sites excluding steroid dienone is 1. The van der Waals surface area contributed by atoms with Gasteiger partial charge in [0.2, 0.25) is 5.78 Å². The zero-order valence-corrected chi connectivity index (χ0v) is 22.4. The maximum absolute atomic E-state index is 13.5. The van der Waals surface area contributed by atoms with Gasteiger partial charge in [-0.15, -0.1) is 0 Å². The van der Waals surface area contributed by atoms with E-state index in [1.54, 1.807) is 43.3 Å². The number of carbonyl (C=O) groups excluding carboxylic acids is 1. The first-order chi connectivity index (χ1) is 18.8. The Kier molecular flexibility index (Phi) is 7.34. The van der Waals surface area contributed by atoms with Crippen molar-refractivity contribution in [2.75, 3.05) is 52.4 Å². The Bertz CT molecular complexity index is 1430. The van der Waals surface area contributed by atoms with Crippen molar-refractivity contribution in [2.24, 2.45) is 0 Å². The number of carbonyl (C=O) groups is 1. The van der Waals surface area contributed by atoms with Crippen molar-refractivity contribution in [1.29, 1.82) is 0 Å². The third kappa shape index (κ3) is 5.09. The van der Waals surface area contributed by atoms with Gasteiger partial charge in [-0.1, -0.05) is 0 Å². The van der Waals surface area contributed by atoms with E-state index in [-0.39, 0.29) is 23.1 Å². The summed E-state index contributed by atoms with van der Waals surface area (Å²) in [5.74, 6) is 1.56. The van der Waals surface area contributed by atoms with Crippen LogP contribution >= 0.6 is 0 Å². The zero-order chi connectivity index (χ0) is 27.7. The van der Waals surface area contributed by atoms with Crippen molar-refractivity contribution in [3.05, 3.63) is 76.3 Å². The molecule has 0 atom stereocenters. The molecule has 0 saturated carbocycles. The van der Waals surface area contributed by atoms with Gasteiger partial charge in [0.05, 0.1) is 32.5 Å². The SMILES string of the molecule is COc1cc(OC)c(OC)cc1/C=C1\Oc2c(CN3CCN(c4ccc(F)cc4)CC3)c(O)cc(C)c2C1=O. The number of phenols is 1. The zero-order valence-electron chi connectivity index (χ0n) is 22.4. The molecule has 2 aliphatic rings. The fraction of sp³-hybridized carbons (Fsp3) is 0.300. The van der Waals surface area contributed by atoms with E-state index < -0.39 is 0 Å². The Morgan fingerprint density at radius 2 is 1.59 bits per heavy atom. The summed E-state index contributed by atoms with van der Waals surface area (Å²) in [4.78, 5) is 17.9. The Morgan fingerprint density at radius 1 is 0.949 bits per heavy atom. The molecule has 9 heteroatoms. The molecule has 0 aromatic heterocycles. The van der Waals surface area contributed by atoms with Gasteiger partial charge in [-0.3, -0.25) is 9.69 Å². The first-order valence-corrected chi connectivity index (χ1v) is 12.7. The van der Waals surface area contributed by atoms with Crippen LogP contribution in [-0.4, -0.2) is 63.3 Å². The maximum Gasteiger partial charge on any atom is 0.232 e. The minimum atomic E-state index is -0.262. The number of ether oxygens (including phenoxy) is 4.